The summed E-state index contributed by atoms with van der Waals surface area (Å²) in [5.74, 6) is 0. The number of rotatable bonds is 3. The molecular formula is C13H18Cl2N2O2S. The Kier molecular flexibility index (Phi) is 4.97. The van der Waals surface area contributed by atoms with Crippen LogP contribution in [0, 0.1) is 13.8 Å². The molecule has 0 radical (unpaired) electrons. The van der Waals surface area contributed by atoms with Crippen molar-refractivity contribution in [2.75, 3.05) is 13.1 Å². The Morgan fingerprint density at radius 1 is 1.25 bits per heavy atom. The molecule has 20 heavy (non-hydrogen) atoms. The number of benzene rings is 1. The Labute approximate surface area is 129 Å². The fourth-order valence-corrected chi connectivity index (χ4v) is 4.87. The monoisotopic (exact) mass is 336 g/mol. The highest BCUT2D eigenvalue weighted by molar-refractivity contribution is 7.89. The predicted octanol–water partition coefficient (Wildman–Crippen LogP) is 2.64. The van der Waals surface area contributed by atoms with Crippen LogP contribution in [0.4, 0.5) is 0 Å². The van der Waals surface area contributed by atoms with Crippen molar-refractivity contribution in [2.45, 2.75) is 37.6 Å². The van der Waals surface area contributed by atoms with Crippen molar-refractivity contribution in [1.29, 1.82) is 0 Å². The van der Waals surface area contributed by atoms with Crippen molar-refractivity contribution in [3.8, 4) is 0 Å². The molecule has 0 unspecified atom stereocenters. The number of aryl methyl sites for hydroxylation is 1. The molecule has 0 aromatic heterocycles. The van der Waals surface area contributed by atoms with Gasteiger partial charge < -0.3 is 5.32 Å². The molecular weight excluding hydrogens is 319 g/mol. The minimum absolute atomic E-state index is 0.0593. The molecule has 0 atom stereocenters. The highest BCUT2D eigenvalue weighted by Gasteiger charge is 2.27. The van der Waals surface area contributed by atoms with Gasteiger partial charge in [-0.2, -0.15) is 0 Å². The second-order valence-electron chi connectivity index (χ2n) is 5.09. The SMILES string of the molecule is Cc1cc(Cl)c(C)c(S(=O)(=O)NC2CCNCC2)c1Cl. The van der Waals surface area contributed by atoms with Gasteiger partial charge in [0.1, 0.15) is 4.90 Å². The maximum Gasteiger partial charge on any atom is 0.242 e. The van der Waals surface area contributed by atoms with Crippen LogP contribution >= 0.6 is 23.2 Å². The van der Waals surface area contributed by atoms with Crippen LogP contribution < -0.4 is 10.0 Å². The number of sulfonamides is 1. The van der Waals surface area contributed by atoms with E-state index in [1.54, 1.807) is 19.9 Å². The molecule has 0 spiro atoms. The second kappa shape index (κ2) is 6.20. The van der Waals surface area contributed by atoms with E-state index in [0.717, 1.165) is 25.9 Å². The molecule has 112 valence electrons. The molecule has 2 rings (SSSR count). The Morgan fingerprint density at radius 3 is 2.45 bits per heavy atom. The summed E-state index contributed by atoms with van der Waals surface area (Å²) in [5, 5.41) is 3.86. The first-order chi connectivity index (χ1) is 9.33. The standard InChI is InChI=1S/C13H18Cl2N2O2S/c1-8-7-11(14)9(2)13(12(8)15)20(18,19)17-10-3-5-16-6-4-10/h7,10,16-17H,3-6H2,1-2H3. The third-order valence-electron chi connectivity index (χ3n) is 3.52. The first kappa shape index (κ1) is 16.0. The van der Waals surface area contributed by atoms with Crippen LogP contribution in [-0.4, -0.2) is 27.5 Å². The zero-order valence-corrected chi connectivity index (χ0v) is 13.8. The van der Waals surface area contributed by atoms with Crippen molar-refractivity contribution >= 4 is 33.2 Å². The van der Waals surface area contributed by atoms with Gasteiger partial charge in [-0.3, -0.25) is 0 Å². The summed E-state index contributed by atoms with van der Waals surface area (Å²) in [6, 6.07) is 1.62. The Morgan fingerprint density at radius 2 is 1.85 bits per heavy atom. The van der Waals surface area contributed by atoms with E-state index in [9.17, 15) is 8.42 Å². The van der Waals surface area contributed by atoms with Gasteiger partial charge in [-0.1, -0.05) is 23.2 Å². The van der Waals surface area contributed by atoms with Crippen molar-refractivity contribution in [1.82, 2.24) is 10.0 Å². The van der Waals surface area contributed by atoms with Gasteiger partial charge in [0.25, 0.3) is 0 Å². The summed E-state index contributed by atoms with van der Waals surface area (Å²) in [4.78, 5) is 0.0997. The lowest BCUT2D eigenvalue weighted by Gasteiger charge is -2.24. The van der Waals surface area contributed by atoms with E-state index in [1.165, 1.54) is 0 Å². The second-order valence-corrected chi connectivity index (χ2v) is 7.52. The van der Waals surface area contributed by atoms with Crippen LogP contribution in [0.1, 0.15) is 24.0 Å². The molecule has 2 N–H and O–H groups in total. The maximum atomic E-state index is 12.6. The molecule has 1 aromatic carbocycles. The molecule has 1 heterocycles. The average Bonchev–Trinajstić information content (AvgIpc) is 2.37. The molecule has 0 aliphatic carbocycles. The minimum atomic E-state index is -3.66. The molecule has 4 nitrogen and oxygen atoms in total. The summed E-state index contributed by atoms with van der Waals surface area (Å²) >= 11 is 12.3. The van der Waals surface area contributed by atoms with E-state index in [-0.39, 0.29) is 16.0 Å². The van der Waals surface area contributed by atoms with Crippen LogP contribution in [-0.2, 0) is 10.0 Å². The van der Waals surface area contributed by atoms with Crippen LogP contribution in [0.3, 0.4) is 0 Å². The van der Waals surface area contributed by atoms with Crippen LogP contribution in [0.15, 0.2) is 11.0 Å². The fourth-order valence-electron chi connectivity index (χ4n) is 2.35. The number of nitrogens with one attached hydrogen (secondary N) is 2. The van der Waals surface area contributed by atoms with Crippen molar-refractivity contribution < 1.29 is 8.42 Å². The summed E-state index contributed by atoms with van der Waals surface area (Å²) in [5.41, 5.74) is 1.15. The molecule has 1 saturated heterocycles. The van der Waals surface area contributed by atoms with E-state index in [4.69, 9.17) is 23.2 Å². The van der Waals surface area contributed by atoms with Gasteiger partial charge in [0, 0.05) is 11.1 Å². The van der Waals surface area contributed by atoms with Gasteiger partial charge >= 0.3 is 0 Å². The molecule has 0 amide bonds. The first-order valence-electron chi connectivity index (χ1n) is 6.51. The Balaban J connectivity index is 2.38. The van der Waals surface area contributed by atoms with Gasteiger partial charge in [0.15, 0.2) is 0 Å². The largest absolute Gasteiger partial charge is 0.317 e. The van der Waals surface area contributed by atoms with Gasteiger partial charge in [-0.25, -0.2) is 13.1 Å². The van der Waals surface area contributed by atoms with Crippen LogP contribution in [0.5, 0.6) is 0 Å². The third-order valence-corrected chi connectivity index (χ3v) is 6.20. The number of hydrogen-bond donors (Lipinski definition) is 2. The number of halogens is 2. The summed E-state index contributed by atoms with van der Waals surface area (Å²) < 4.78 is 27.9. The molecule has 0 bridgehead atoms. The van der Waals surface area contributed by atoms with Gasteiger partial charge in [0.2, 0.25) is 10.0 Å². The minimum Gasteiger partial charge on any atom is -0.317 e. The quantitative estimate of drug-likeness (QED) is 0.891. The highest BCUT2D eigenvalue weighted by atomic mass is 35.5. The summed E-state index contributed by atoms with van der Waals surface area (Å²) in [7, 11) is -3.66. The van der Waals surface area contributed by atoms with Crippen molar-refractivity contribution in [2.24, 2.45) is 0 Å². The van der Waals surface area contributed by atoms with Crippen LogP contribution in [0.25, 0.3) is 0 Å². The van der Waals surface area contributed by atoms with Gasteiger partial charge in [0.05, 0.1) is 5.02 Å². The van der Waals surface area contributed by atoms with E-state index >= 15 is 0 Å². The average molecular weight is 337 g/mol. The molecule has 1 fully saturated rings. The molecule has 1 aromatic rings. The smallest absolute Gasteiger partial charge is 0.242 e. The van der Waals surface area contributed by atoms with E-state index in [0.29, 0.717) is 16.1 Å². The van der Waals surface area contributed by atoms with Crippen molar-refractivity contribution in [3.05, 3.63) is 27.2 Å². The molecule has 0 saturated carbocycles. The number of hydrogen-bond acceptors (Lipinski definition) is 3. The van der Waals surface area contributed by atoms with E-state index < -0.39 is 10.0 Å². The highest BCUT2D eigenvalue weighted by Crippen LogP contribution is 2.33. The summed E-state index contributed by atoms with van der Waals surface area (Å²) in [6.07, 6.45) is 1.55. The zero-order valence-electron chi connectivity index (χ0n) is 11.5. The fraction of sp³-hybridized carbons (Fsp3) is 0.538. The Hall–Kier alpha value is -0.330. The molecule has 1 aliphatic heterocycles. The molecule has 1 aliphatic rings. The maximum absolute atomic E-state index is 12.6. The van der Waals surface area contributed by atoms with Crippen LogP contribution in [0.2, 0.25) is 10.0 Å². The van der Waals surface area contributed by atoms with E-state index in [1.807, 2.05) is 0 Å². The number of piperidine rings is 1. The summed E-state index contributed by atoms with van der Waals surface area (Å²) in [6.45, 7) is 5.05. The topological polar surface area (TPSA) is 58.2 Å². The van der Waals surface area contributed by atoms with Crippen molar-refractivity contribution in [3.63, 3.8) is 0 Å². The third kappa shape index (κ3) is 3.28. The zero-order chi connectivity index (χ0) is 14.9. The molecule has 7 heteroatoms. The Bertz CT molecular complexity index is 585. The lowest BCUT2D eigenvalue weighted by molar-refractivity contribution is 0.427. The van der Waals surface area contributed by atoms with Gasteiger partial charge in [-0.05, 0) is 57.0 Å². The lowest BCUT2D eigenvalue weighted by Crippen LogP contribution is -2.42. The predicted molar refractivity (Wildman–Crippen MR) is 82.1 cm³/mol. The van der Waals surface area contributed by atoms with Gasteiger partial charge in [-0.15, -0.1) is 0 Å². The first-order valence-corrected chi connectivity index (χ1v) is 8.75. The normalized spacial score (nSPS) is 17.4. The van der Waals surface area contributed by atoms with E-state index in [2.05, 4.69) is 10.0 Å². The lowest BCUT2D eigenvalue weighted by atomic mass is 10.1.